The Morgan fingerprint density at radius 1 is 0.909 bits per heavy atom. The van der Waals surface area contributed by atoms with Crippen LogP contribution in [-0.4, -0.2) is 50.0 Å². The molecule has 9 heteroatoms. The van der Waals surface area contributed by atoms with Crippen LogP contribution in [0.2, 0.25) is 0 Å². The Labute approximate surface area is 192 Å². The molecule has 0 fully saturated rings. The van der Waals surface area contributed by atoms with E-state index in [1.54, 1.807) is 35.8 Å². The number of hydroxylamine groups is 1. The molecule has 2 aromatic carbocycles. The first-order chi connectivity index (χ1) is 15.9. The molecule has 0 saturated heterocycles. The zero-order chi connectivity index (χ0) is 24.2. The van der Waals surface area contributed by atoms with Crippen molar-refractivity contribution in [3.8, 4) is 23.0 Å². The molecule has 2 amide bonds. The standard InChI is InChI=1S/C24H30N2O7/c1-31-20-13-10-17(22(32-2)23(20)33-3)15-19(16-8-11-18(27)12-9-16)24(29)25-14-6-4-5-7-21(28)26-30/h8-13,15,27,30H,4-7,14H2,1-3H3,(H,25,29)(H,26,28)/b19-15-. The van der Waals surface area contributed by atoms with Crippen molar-refractivity contribution < 1.29 is 34.1 Å². The second-order valence-electron chi connectivity index (χ2n) is 7.13. The number of aromatic hydroxyl groups is 1. The predicted octanol–water partition coefficient (Wildman–Crippen LogP) is 3.14. The normalized spacial score (nSPS) is 11.0. The molecule has 0 aliphatic carbocycles. The lowest BCUT2D eigenvalue weighted by Crippen LogP contribution is -2.25. The maximum absolute atomic E-state index is 13.1. The summed E-state index contributed by atoms with van der Waals surface area (Å²) in [4.78, 5) is 24.1. The molecule has 2 rings (SSSR count). The molecular formula is C24H30N2O7. The number of unbranched alkanes of at least 4 members (excludes halogenated alkanes) is 2. The molecule has 0 aromatic heterocycles. The van der Waals surface area contributed by atoms with E-state index in [4.69, 9.17) is 19.4 Å². The Morgan fingerprint density at radius 3 is 2.21 bits per heavy atom. The van der Waals surface area contributed by atoms with Crippen LogP contribution < -0.4 is 25.0 Å². The first-order valence-electron chi connectivity index (χ1n) is 10.5. The van der Waals surface area contributed by atoms with Gasteiger partial charge in [-0.2, -0.15) is 0 Å². The number of nitrogens with one attached hydrogen (secondary N) is 2. The molecule has 0 saturated carbocycles. The van der Waals surface area contributed by atoms with Crippen molar-refractivity contribution in [2.75, 3.05) is 27.9 Å². The minimum absolute atomic E-state index is 0.0918. The fraction of sp³-hybridized carbons (Fsp3) is 0.333. The summed E-state index contributed by atoms with van der Waals surface area (Å²) in [5.74, 6) is 0.687. The lowest BCUT2D eigenvalue weighted by Gasteiger charge is -2.15. The maximum Gasteiger partial charge on any atom is 0.251 e. The van der Waals surface area contributed by atoms with Gasteiger partial charge in [0.05, 0.1) is 21.3 Å². The molecule has 0 spiro atoms. The fourth-order valence-electron chi connectivity index (χ4n) is 3.25. The van der Waals surface area contributed by atoms with Crippen LogP contribution in [0.15, 0.2) is 36.4 Å². The number of methoxy groups -OCH3 is 3. The van der Waals surface area contributed by atoms with E-state index in [2.05, 4.69) is 5.32 Å². The fourth-order valence-corrected chi connectivity index (χ4v) is 3.25. The van der Waals surface area contributed by atoms with Crippen LogP contribution in [0.5, 0.6) is 23.0 Å². The van der Waals surface area contributed by atoms with E-state index in [9.17, 15) is 14.7 Å². The van der Waals surface area contributed by atoms with Gasteiger partial charge in [-0.05, 0) is 48.7 Å². The minimum Gasteiger partial charge on any atom is -0.508 e. The Kier molecular flexibility index (Phi) is 10.0. The van der Waals surface area contributed by atoms with Crippen LogP contribution in [0.4, 0.5) is 0 Å². The number of ether oxygens (including phenoxy) is 3. The highest BCUT2D eigenvalue weighted by molar-refractivity contribution is 6.24. The highest BCUT2D eigenvalue weighted by Crippen LogP contribution is 2.41. The van der Waals surface area contributed by atoms with Gasteiger partial charge in [-0.15, -0.1) is 0 Å². The molecule has 0 aliphatic heterocycles. The summed E-state index contributed by atoms with van der Waals surface area (Å²) in [6, 6.07) is 9.81. The van der Waals surface area contributed by atoms with Gasteiger partial charge in [-0.1, -0.05) is 18.6 Å². The minimum atomic E-state index is -0.430. The third-order valence-electron chi connectivity index (χ3n) is 4.95. The third-order valence-corrected chi connectivity index (χ3v) is 4.95. The number of carbonyl (C=O) groups is 2. The first kappa shape index (κ1) is 25.5. The summed E-state index contributed by atoms with van der Waals surface area (Å²) in [6.07, 6.45) is 3.91. The number of amides is 2. The molecule has 9 nitrogen and oxygen atoms in total. The largest absolute Gasteiger partial charge is 0.508 e. The van der Waals surface area contributed by atoms with E-state index in [1.165, 1.54) is 33.5 Å². The van der Waals surface area contributed by atoms with E-state index in [1.807, 2.05) is 0 Å². The summed E-state index contributed by atoms with van der Waals surface area (Å²) in [7, 11) is 4.54. The van der Waals surface area contributed by atoms with E-state index >= 15 is 0 Å². The lowest BCUT2D eigenvalue weighted by atomic mass is 10.0. The van der Waals surface area contributed by atoms with E-state index in [0.29, 0.717) is 53.3 Å². The zero-order valence-electron chi connectivity index (χ0n) is 19.0. The van der Waals surface area contributed by atoms with Gasteiger partial charge in [0.25, 0.3) is 5.91 Å². The monoisotopic (exact) mass is 458 g/mol. The summed E-state index contributed by atoms with van der Waals surface area (Å²) in [5.41, 5.74) is 3.20. The topological polar surface area (TPSA) is 126 Å². The SMILES string of the molecule is COc1ccc(/C=C(\C(=O)NCCCCCC(=O)NO)c2ccc(O)cc2)c(OC)c1OC. The van der Waals surface area contributed by atoms with Crippen molar-refractivity contribution in [2.45, 2.75) is 25.7 Å². The van der Waals surface area contributed by atoms with Crippen molar-refractivity contribution in [1.82, 2.24) is 10.8 Å². The molecule has 33 heavy (non-hydrogen) atoms. The molecule has 0 bridgehead atoms. The van der Waals surface area contributed by atoms with Crippen molar-refractivity contribution >= 4 is 23.5 Å². The van der Waals surface area contributed by atoms with Crippen molar-refractivity contribution in [1.29, 1.82) is 0 Å². The number of benzene rings is 2. The van der Waals surface area contributed by atoms with E-state index in [0.717, 1.165) is 6.42 Å². The molecule has 2 aromatic rings. The van der Waals surface area contributed by atoms with Gasteiger partial charge in [-0.3, -0.25) is 14.8 Å². The molecule has 178 valence electrons. The van der Waals surface area contributed by atoms with Gasteiger partial charge in [0.15, 0.2) is 11.5 Å². The van der Waals surface area contributed by atoms with Gasteiger partial charge < -0.3 is 24.6 Å². The molecule has 0 radical (unpaired) electrons. The van der Waals surface area contributed by atoms with E-state index < -0.39 is 5.91 Å². The number of hydrogen-bond donors (Lipinski definition) is 4. The molecule has 0 unspecified atom stereocenters. The second kappa shape index (κ2) is 13.0. The molecule has 0 heterocycles. The number of phenols is 1. The lowest BCUT2D eigenvalue weighted by molar-refractivity contribution is -0.129. The Hall–Kier alpha value is -3.72. The van der Waals surface area contributed by atoms with Crippen LogP contribution >= 0.6 is 0 Å². The second-order valence-corrected chi connectivity index (χ2v) is 7.13. The van der Waals surface area contributed by atoms with Crippen LogP contribution in [-0.2, 0) is 9.59 Å². The number of carbonyl (C=O) groups excluding carboxylic acids is 2. The summed E-state index contributed by atoms with van der Waals surface area (Å²) < 4.78 is 16.3. The smallest absolute Gasteiger partial charge is 0.251 e. The number of phenolic OH excluding ortho intramolecular Hbond substituents is 1. The van der Waals surface area contributed by atoms with Crippen LogP contribution in [0.3, 0.4) is 0 Å². The quantitative estimate of drug-likeness (QED) is 0.127. The predicted molar refractivity (Wildman–Crippen MR) is 123 cm³/mol. The molecule has 4 N–H and O–H groups in total. The number of rotatable bonds is 12. The van der Waals surface area contributed by atoms with Crippen molar-refractivity contribution in [3.05, 3.63) is 47.5 Å². The van der Waals surface area contributed by atoms with Crippen molar-refractivity contribution in [2.24, 2.45) is 0 Å². The van der Waals surface area contributed by atoms with Crippen LogP contribution in [0.25, 0.3) is 11.6 Å². The van der Waals surface area contributed by atoms with Crippen LogP contribution in [0.1, 0.15) is 36.8 Å². The summed E-state index contributed by atoms with van der Waals surface area (Å²) in [6.45, 7) is 0.415. The highest BCUT2D eigenvalue weighted by atomic mass is 16.5. The van der Waals surface area contributed by atoms with Gasteiger partial charge >= 0.3 is 0 Å². The average Bonchev–Trinajstić information content (AvgIpc) is 2.84. The molecule has 0 atom stereocenters. The number of hydrogen-bond acceptors (Lipinski definition) is 7. The summed E-state index contributed by atoms with van der Waals surface area (Å²) >= 11 is 0. The van der Waals surface area contributed by atoms with E-state index in [-0.39, 0.29) is 18.1 Å². The third kappa shape index (κ3) is 7.15. The molecule has 0 aliphatic rings. The molecular weight excluding hydrogens is 428 g/mol. The van der Waals surface area contributed by atoms with Gasteiger partial charge in [0.2, 0.25) is 11.7 Å². The summed E-state index contributed by atoms with van der Waals surface area (Å²) in [5, 5.41) is 21.0. The maximum atomic E-state index is 13.1. The van der Waals surface area contributed by atoms with Crippen molar-refractivity contribution in [3.63, 3.8) is 0 Å². The average molecular weight is 459 g/mol. The zero-order valence-corrected chi connectivity index (χ0v) is 19.0. The Morgan fingerprint density at radius 2 is 1.61 bits per heavy atom. The van der Waals surface area contributed by atoms with Gasteiger partial charge in [0.1, 0.15) is 5.75 Å². The van der Waals surface area contributed by atoms with Gasteiger partial charge in [-0.25, -0.2) is 5.48 Å². The highest BCUT2D eigenvalue weighted by Gasteiger charge is 2.18. The Bertz CT molecular complexity index is 972. The Balaban J connectivity index is 2.27. The van der Waals surface area contributed by atoms with Crippen LogP contribution in [0, 0.1) is 0 Å². The van der Waals surface area contributed by atoms with Gasteiger partial charge in [0, 0.05) is 24.1 Å². The first-order valence-corrected chi connectivity index (χ1v) is 10.5.